The van der Waals surface area contributed by atoms with Crippen molar-refractivity contribution in [3.63, 3.8) is 0 Å². The van der Waals surface area contributed by atoms with Gasteiger partial charge in [-0.05, 0) is 19.3 Å². The first kappa shape index (κ1) is 56.2. The number of carbonyl (C=O) groups excluding carboxylic acids is 1. The number of quaternary nitrogens is 1. The fourth-order valence-corrected chi connectivity index (χ4v) is 8.07. The van der Waals surface area contributed by atoms with Gasteiger partial charge in [0.05, 0.1) is 39.9 Å². The second-order valence-corrected chi connectivity index (χ2v) is 19.7. The number of unbranched alkanes of at least 4 members (excludes halogenated alkanes) is 32. The molecule has 0 aromatic rings. The Morgan fingerprint density at radius 1 is 0.579 bits per heavy atom. The van der Waals surface area contributed by atoms with E-state index in [9.17, 15) is 19.4 Å². The van der Waals surface area contributed by atoms with Gasteiger partial charge < -0.3 is 19.8 Å². The van der Waals surface area contributed by atoms with Gasteiger partial charge in [0.15, 0.2) is 0 Å². The molecule has 0 saturated heterocycles. The number of nitrogens with one attached hydrogen (secondary N) is 1. The van der Waals surface area contributed by atoms with E-state index in [1.54, 1.807) is 6.08 Å². The Morgan fingerprint density at radius 3 is 1.30 bits per heavy atom. The standard InChI is InChI=1S/C48H97N2O6P/c1-6-8-10-12-13-14-15-16-17-18-19-20-21-22-23-24-25-26-27-28-29-30-31-32-33-34-35-36-38-39-41-47(51)46(49-48(52)42-40-37-11-9-7-2)45-56-57(53,54)55-44-43-50(3,4)5/h39,41,46-47,51H,6-38,40,42-45H2,1-5H3,(H-,49,52,53,54)/p+1/b41-39+. The summed E-state index contributed by atoms with van der Waals surface area (Å²) < 4.78 is 23.4. The highest BCUT2D eigenvalue weighted by atomic mass is 31.2. The summed E-state index contributed by atoms with van der Waals surface area (Å²) in [5.41, 5.74) is 0. The summed E-state index contributed by atoms with van der Waals surface area (Å²) in [4.78, 5) is 22.8. The van der Waals surface area contributed by atoms with Crippen molar-refractivity contribution >= 4 is 13.7 Å². The third kappa shape index (κ3) is 43.1. The predicted octanol–water partition coefficient (Wildman–Crippen LogP) is 13.9. The SMILES string of the molecule is CCCCCCCCCCCCCCCCCCCCCCCCCCCCCC/C=C/C(O)C(COP(=O)(O)OCC[N+](C)(C)C)NC(=O)CCCCCCC. The van der Waals surface area contributed by atoms with Crippen molar-refractivity contribution in [2.45, 2.75) is 251 Å². The molecule has 0 aromatic heterocycles. The van der Waals surface area contributed by atoms with E-state index in [2.05, 4.69) is 19.2 Å². The third-order valence-corrected chi connectivity index (χ3v) is 12.2. The number of carbonyl (C=O) groups is 1. The molecule has 0 spiro atoms. The number of hydrogen-bond donors (Lipinski definition) is 3. The largest absolute Gasteiger partial charge is 0.472 e. The molecular weight excluding hydrogens is 732 g/mol. The lowest BCUT2D eigenvalue weighted by atomic mass is 10.0. The van der Waals surface area contributed by atoms with E-state index < -0.39 is 20.0 Å². The van der Waals surface area contributed by atoms with Gasteiger partial charge >= 0.3 is 7.82 Å². The molecule has 3 unspecified atom stereocenters. The van der Waals surface area contributed by atoms with Gasteiger partial charge in [-0.3, -0.25) is 13.8 Å². The third-order valence-electron chi connectivity index (χ3n) is 11.3. The first-order valence-electron chi connectivity index (χ1n) is 24.6. The lowest BCUT2D eigenvalue weighted by Gasteiger charge is -2.25. The summed E-state index contributed by atoms with van der Waals surface area (Å²) in [6.07, 6.45) is 47.9. The lowest BCUT2D eigenvalue weighted by Crippen LogP contribution is -2.45. The molecule has 0 bridgehead atoms. The smallest absolute Gasteiger partial charge is 0.387 e. The molecule has 0 aromatic carbocycles. The van der Waals surface area contributed by atoms with Crippen LogP contribution in [0.4, 0.5) is 0 Å². The first-order valence-corrected chi connectivity index (χ1v) is 26.1. The van der Waals surface area contributed by atoms with Gasteiger partial charge in [-0.25, -0.2) is 4.57 Å². The van der Waals surface area contributed by atoms with Crippen LogP contribution < -0.4 is 5.32 Å². The van der Waals surface area contributed by atoms with Crippen LogP contribution in [0.15, 0.2) is 12.2 Å². The molecule has 0 saturated carbocycles. The highest BCUT2D eigenvalue weighted by Crippen LogP contribution is 2.43. The van der Waals surface area contributed by atoms with Crippen LogP contribution in [-0.4, -0.2) is 73.4 Å². The van der Waals surface area contributed by atoms with Crippen LogP contribution in [-0.2, 0) is 18.4 Å². The average molecular weight is 830 g/mol. The van der Waals surface area contributed by atoms with E-state index in [1.165, 1.54) is 173 Å². The summed E-state index contributed by atoms with van der Waals surface area (Å²) in [5, 5.41) is 13.7. The van der Waals surface area contributed by atoms with Crippen LogP contribution in [0.3, 0.4) is 0 Å². The Labute approximate surface area is 354 Å². The fourth-order valence-electron chi connectivity index (χ4n) is 7.34. The minimum Gasteiger partial charge on any atom is -0.387 e. The maximum absolute atomic E-state index is 12.6. The van der Waals surface area contributed by atoms with Gasteiger partial charge in [-0.2, -0.15) is 0 Å². The molecule has 3 atom stereocenters. The van der Waals surface area contributed by atoms with Crippen LogP contribution in [0.2, 0.25) is 0 Å². The number of hydrogen-bond acceptors (Lipinski definition) is 5. The average Bonchev–Trinajstić information content (AvgIpc) is 3.16. The number of phosphoric acid groups is 1. The van der Waals surface area contributed by atoms with Crippen LogP contribution in [0.1, 0.15) is 239 Å². The Morgan fingerprint density at radius 2 is 0.930 bits per heavy atom. The minimum absolute atomic E-state index is 0.0637. The molecule has 1 amide bonds. The van der Waals surface area contributed by atoms with E-state index >= 15 is 0 Å². The van der Waals surface area contributed by atoms with Crippen molar-refractivity contribution in [2.24, 2.45) is 0 Å². The van der Waals surface area contributed by atoms with Gasteiger partial charge in [0.2, 0.25) is 5.91 Å². The summed E-state index contributed by atoms with van der Waals surface area (Å²) in [5.74, 6) is -0.188. The Balaban J connectivity index is 3.90. The molecule has 0 aliphatic rings. The summed E-state index contributed by atoms with van der Waals surface area (Å²) in [7, 11) is 1.58. The van der Waals surface area contributed by atoms with E-state index in [0.717, 1.165) is 44.9 Å². The van der Waals surface area contributed by atoms with E-state index in [4.69, 9.17) is 9.05 Å². The highest BCUT2D eigenvalue weighted by Gasteiger charge is 2.27. The van der Waals surface area contributed by atoms with Crippen LogP contribution in [0.5, 0.6) is 0 Å². The van der Waals surface area contributed by atoms with Crippen LogP contribution in [0, 0.1) is 0 Å². The molecular formula is C48H98N2O6P+. The molecule has 0 aliphatic carbocycles. The molecule has 9 heteroatoms. The van der Waals surface area contributed by atoms with Gasteiger partial charge in [0.25, 0.3) is 0 Å². The van der Waals surface area contributed by atoms with Crippen molar-refractivity contribution in [3.8, 4) is 0 Å². The zero-order valence-corrected chi connectivity index (χ0v) is 39.5. The van der Waals surface area contributed by atoms with Gasteiger partial charge in [0, 0.05) is 6.42 Å². The van der Waals surface area contributed by atoms with Crippen molar-refractivity contribution < 1.29 is 32.9 Å². The van der Waals surface area contributed by atoms with Crippen molar-refractivity contribution in [2.75, 3.05) is 40.9 Å². The Kier molecular flexibility index (Phi) is 40.1. The van der Waals surface area contributed by atoms with Crippen molar-refractivity contribution in [3.05, 3.63) is 12.2 Å². The highest BCUT2D eigenvalue weighted by molar-refractivity contribution is 7.47. The zero-order chi connectivity index (χ0) is 42.1. The number of allylic oxidation sites excluding steroid dienone is 1. The summed E-state index contributed by atoms with van der Waals surface area (Å²) in [6, 6.07) is -0.837. The molecule has 0 radical (unpaired) electrons. The van der Waals surface area contributed by atoms with Crippen molar-refractivity contribution in [1.82, 2.24) is 5.32 Å². The van der Waals surface area contributed by atoms with Crippen LogP contribution in [0.25, 0.3) is 0 Å². The lowest BCUT2D eigenvalue weighted by molar-refractivity contribution is -0.870. The molecule has 340 valence electrons. The number of aliphatic hydroxyl groups excluding tert-OH is 1. The quantitative estimate of drug-likeness (QED) is 0.0244. The Hall–Kier alpha value is -0.760. The number of amides is 1. The van der Waals surface area contributed by atoms with E-state index in [-0.39, 0.29) is 19.1 Å². The summed E-state index contributed by atoms with van der Waals surface area (Å²) >= 11 is 0. The second-order valence-electron chi connectivity index (χ2n) is 18.2. The Bertz CT molecular complexity index is 942. The molecule has 3 N–H and O–H groups in total. The topological polar surface area (TPSA) is 105 Å². The van der Waals surface area contributed by atoms with Gasteiger partial charge in [0.1, 0.15) is 13.2 Å². The fraction of sp³-hybridized carbons (Fsp3) is 0.938. The number of aliphatic hydroxyl groups is 1. The molecule has 0 fully saturated rings. The second kappa shape index (κ2) is 40.6. The maximum Gasteiger partial charge on any atom is 0.472 e. The predicted molar refractivity (Wildman–Crippen MR) is 245 cm³/mol. The molecule has 57 heavy (non-hydrogen) atoms. The van der Waals surface area contributed by atoms with Crippen molar-refractivity contribution in [1.29, 1.82) is 0 Å². The van der Waals surface area contributed by atoms with Gasteiger partial charge in [-0.1, -0.05) is 225 Å². The maximum atomic E-state index is 12.6. The number of likely N-dealkylation sites (N-methyl/N-ethyl adjacent to an activating group) is 1. The first-order chi connectivity index (χ1) is 27.5. The van der Waals surface area contributed by atoms with E-state index in [1.807, 2.05) is 27.2 Å². The van der Waals surface area contributed by atoms with E-state index in [0.29, 0.717) is 17.4 Å². The monoisotopic (exact) mass is 830 g/mol. The van der Waals surface area contributed by atoms with Crippen LogP contribution >= 0.6 is 7.82 Å². The number of nitrogens with zero attached hydrogens (tertiary/aromatic N) is 1. The molecule has 0 aliphatic heterocycles. The molecule has 0 heterocycles. The molecule has 0 rings (SSSR count). The zero-order valence-electron chi connectivity index (χ0n) is 38.6. The number of phosphoric ester groups is 1. The normalized spacial score (nSPS) is 14.3. The molecule has 8 nitrogen and oxygen atoms in total. The number of rotatable bonds is 45. The summed E-state index contributed by atoms with van der Waals surface area (Å²) in [6.45, 7) is 4.74. The van der Waals surface area contributed by atoms with Gasteiger partial charge in [-0.15, -0.1) is 0 Å². The minimum atomic E-state index is -4.32.